The summed E-state index contributed by atoms with van der Waals surface area (Å²) in [6.45, 7) is 7.31. The summed E-state index contributed by atoms with van der Waals surface area (Å²) in [7, 11) is 5.14. The Labute approximate surface area is 105 Å². The van der Waals surface area contributed by atoms with Gasteiger partial charge in [0.1, 0.15) is 0 Å². The molecule has 0 saturated carbocycles. The molecule has 0 rings (SSSR count). The molecule has 0 amide bonds. The van der Waals surface area contributed by atoms with E-state index >= 15 is 0 Å². The second kappa shape index (κ2) is 9.53. The van der Waals surface area contributed by atoms with Gasteiger partial charge in [-0.1, -0.05) is 0 Å². The topological polar surface area (TPSA) is 0 Å². The van der Waals surface area contributed by atoms with E-state index in [1.54, 1.807) is 0 Å². The van der Waals surface area contributed by atoms with Crippen molar-refractivity contribution < 1.29 is 0 Å². The molecule has 0 aliphatic carbocycles. The minimum absolute atomic E-state index is 0.444. The van der Waals surface area contributed by atoms with Crippen molar-refractivity contribution in [1.29, 1.82) is 0 Å². The molecule has 0 aromatic rings. The van der Waals surface area contributed by atoms with E-state index in [0.29, 0.717) is 0 Å². The Hall–Kier alpha value is 1.31. The van der Waals surface area contributed by atoms with E-state index in [-0.39, 0.29) is 0 Å². The van der Waals surface area contributed by atoms with Gasteiger partial charge in [0, 0.05) is 0 Å². The van der Waals surface area contributed by atoms with Gasteiger partial charge in [0.25, 0.3) is 0 Å². The third-order valence-electron chi connectivity index (χ3n) is 2.75. The van der Waals surface area contributed by atoms with Crippen LogP contribution in [0.1, 0.15) is 45.4 Å². The molecular weight excluding hydrogens is 314 g/mol. The van der Waals surface area contributed by atoms with Crippen molar-refractivity contribution in [1.82, 2.24) is 0 Å². The summed E-state index contributed by atoms with van der Waals surface area (Å²) in [5, 5.41) is 0. The first-order chi connectivity index (χ1) is 6.62. The van der Waals surface area contributed by atoms with Gasteiger partial charge in [-0.15, -0.1) is 0 Å². The molecular formula is C11H25ClSiSn. The molecule has 0 heterocycles. The zero-order valence-corrected chi connectivity index (χ0v) is 14.6. The predicted molar refractivity (Wildman–Crippen MR) is 72.1 cm³/mol. The van der Waals surface area contributed by atoms with E-state index in [1.165, 1.54) is 48.6 Å². The Morgan fingerprint density at radius 1 is 1.00 bits per heavy atom. The molecule has 0 aromatic heterocycles. The first kappa shape index (κ1) is 15.3. The van der Waals surface area contributed by atoms with Crippen LogP contribution >= 0.6 is 8.92 Å². The first-order valence-electron chi connectivity index (χ1n) is 5.96. The van der Waals surface area contributed by atoms with Crippen molar-refractivity contribution in [2.75, 3.05) is 0 Å². The Balaban J connectivity index is 3.26. The summed E-state index contributed by atoms with van der Waals surface area (Å²) in [6, 6.07) is 1.52. The van der Waals surface area contributed by atoms with Gasteiger partial charge in [-0.05, 0) is 0 Å². The van der Waals surface area contributed by atoms with Crippen LogP contribution in [-0.2, 0) is 0 Å². The monoisotopic (exact) mass is 340 g/mol. The Morgan fingerprint density at radius 2 is 1.57 bits per heavy atom. The number of hydrogen-bond acceptors (Lipinski definition) is 0. The summed E-state index contributed by atoms with van der Waals surface area (Å²) < 4.78 is 1.47. The fraction of sp³-hybridized carbons (Fsp3) is 1.00. The van der Waals surface area contributed by atoms with Gasteiger partial charge in [-0.2, -0.15) is 0 Å². The third kappa shape index (κ3) is 9.85. The van der Waals surface area contributed by atoms with Crippen LogP contribution in [0.2, 0.25) is 23.2 Å². The van der Waals surface area contributed by atoms with Gasteiger partial charge >= 0.3 is 106 Å². The molecule has 0 aromatic carbocycles. The molecule has 0 aliphatic rings. The molecule has 0 spiro atoms. The number of hydrogen-bond donors (Lipinski definition) is 0. The average molecular weight is 340 g/mol. The maximum absolute atomic E-state index is 5.97. The fourth-order valence-corrected chi connectivity index (χ4v) is 15.3. The fourth-order valence-electron chi connectivity index (χ4n) is 1.65. The summed E-state index contributed by atoms with van der Waals surface area (Å²) in [5.74, 6) is 0. The van der Waals surface area contributed by atoms with E-state index in [4.69, 9.17) is 8.92 Å². The molecule has 84 valence electrons. The van der Waals surface area contributed by atoms with Crippen LogP contribution in [0.15, 0.2) is 0 Å². The summed E-state index contributed by atoms with van der Waals surface area (Å²) in [5.41, 5.74) is 0. The van der Waals surface area contributed by atoms with Crippen molar-refractivity contribution in [3.63, 3.8) is 0 Å². The quantitative estimate of drug-likeness (QED) is 0.415. The summed E-state index contributed by atoms with van der Waals surface area (Å²) >= 11 is -0.444. The van der Waals surface area contributed by atoms with E-state index in [2.05, 4.69) is 20.0 Å². The SMILES string of the molecule is CCCCCCCC[Si](C)(C)[CH2][Sn][Cl]. The van der Waals surface area contributed by atoms with Crippen molar-refractivity contribution in [2.45, 2.75) is 68.6 Å². The maximum atomic E-state index is 5.97. The Morgan fingerprint density at radius 3 is 2.14 bits per heavy atom. The van der Waals surface area contributed by atoms with Crippen molar-refractivity contribution in [3.8, 4) is 0 Å². The number of halogens is 1. The molecule has 0 aliphatic heterocycles. The van der Waals surface area contributed by atoms with Gasteiger partial charge in [-0.3, -0.25) is 0 Å². The first-order valence-corrected chi connectivity index (χ1v) is 15.0. The van der Waals surface area contributed by atoms with Gasteiger partial charge in [0.2, 0.25) is 0 Å². The van der Waals surface area contributed by atoms with Crippen molar-refractivity contribution in [2.24, 2.45) is 0 Å². The molecule has 0 bridgehead atoms. The van der Waals surface area contributed by atoms with Crippen LogP contribution in [0.5, 0.6) is 0 Å². The normalized spacial score (nSPS) is 12.0. The van der Waals surface area contributed by atoms with Crippen molar-refractivity contribution in [3.05, 3.63) is 0 Å². The van der Waals surface area contributed by atoms with E-state index in [9.17, 15) is 0 Å². The molecule has 0 N–H and O–H groups in total. The Kier molecular flexibility index (Phi) is 10.4. The van der Waals surface area contributed by atoms with Crippen LogP contribution in [-0.4, -0.2) is 28.1 Å². The van der Waals surface area contributed by atoms with Crippen LogP contribution in [0.25, 0.3) is 0 Å². The molecule has 0 saturated heterocycles. The van der Waals surface area contributed by atoms with E-state index in [0.717, 1.165) is 0 Å². The van der Waals surface area contributed by atoms with Gasteiger partial charge < -0.3 is 0 Å². The molecule has 0 nitrogen and oxygen atoms in total. The molecule has 0 atom stereocenters. The minimum atomic E-state index is -0.828. The zero-order chi connectivity index (χ0) is 10.9. The van der Waals surface area contributed by atoms with Crippen molar-refractivity contribution >= 4 is 37.0 Å². The van der Waals surface area contributed by atoms with Crippen LogP contribution < -0.4 is 0 Å². The van der Waals surface area contributed by atoms with Gasteiger partial charge in [0.15, 0.2) is 0 Å². The number of unbranched alkanes of at least 4 members (excludes halogenated alkanes) is 5. The summed E-state index contributed by atoms with van der Waals surface area (Å²) in [6.07, 6.45) is 8.63. The van der Waals surface area contributed by atoms with E-state index < -0.39 is 28.1 Å². The predicted octanol–water partition coefficient (Wildman–Crippen LogP) is 4.87. The molecule has 0 fully saturated rings. The zero-order valence-electron chi connectivity index (χ0n) is 10.0. The summed E-state index contributed by atoms with van der Waals surface area (Å²) in [4.78, 5) is 0. The molecule has 2 radical (unpaired) electrons. The van der Waals surface area contributed by atoms with Gasteiger partial charge in [-0.25, -0.2) is 0 Å². The molecule has 0 unspecified atom stereocenters. The number of rotatable bonds is 9. The Bertz CT molecular complexity index is 128. The van der Waals surface area contributed by atoms with Crippen LogP contribution in [0, 0.1) is 0 Å². The standard InChI is InChI=1S/C11H25Si.ClH.Sn/c1-5-6-7-8-9-10-11-12(2,3)4;;/h2,5-11H2,1,3-4H3;1H;/q;;+1/p-1. The molecule has 3 heteroatoms. The molecule has 14 heavy (non-hydrogen) atoms. The van der Waals surface area contributed by atoms with Crippen LogP contribution in [0.4, 0.5) is 0 Å². The third-order valence-corrected chi connectivity index (χ3v) is 17.6. The van der Waals surface area contributed by atoms with Crippen LogP contribution in [0.3, 0.4) is 0 Å². The van der Waals surface area contributed by atoms with Gasteiger partial charge in [0.05, 0.1) is 0 Å². The average Bonchev–Trinajstić information content (AvgIpc) is 2.11. The van der Waals surface area contributed by atoms with E-state index in [1.807, 2.05) is 0 Å². The second-order valence-corrected chi connectivity index (χ2v) is 15.8. The second-order valence-electron chi connectivity index (χ2n) is 4.99.